The Morgan fingerprint density at radius 2 is 1.94 bits per heavy atom. The summed E-state index contributed by atoms with van der Waals surface area (Å²) in [6.07, 6.45) is 0. The van der Waals surface area contributed by atoms with Crippen LogP contribution in [0.5, 0.6) is 5.75 Å². The summed E-state index contributed by atoms with van der Waals surface area (Å²) in [5.41, 5.74) is 3.06. The van der Waals surface area contributed by atoms with Crippen LogP contribution < -0.4 is 10.1 Å². The molecule has 4 nitrogen and oxygen atoms in total. The van der Waals surface area contributed by atoms with Gasteiger partial charge in [0, 0.05) is 16.0 Å². The van der Waals surface area contributed by atoms with E-state index in [9.17, 15) is 9.18 Å². The Morgan fingerprint density at radius 3 is 2.74 bits per heavy atom. The van der Waals surface area contributed by atoms with Crippen molar-refractivity contribution in [1.82, 2.24) is 4.98 Å². The second-order valence-corrected chi connectivity index (χ2v) is 8.21. The lowest BCUT2D eigenvalue weighted by Crippen LogP contribution is -2.13. The van der Waals surface area contributed by atoms with Gasteiger partial charge in [-0.05, 0) is 54.4 Å². The van der Waals surface area contributed by atoms with E-state index in [0.717, 1.165) is 16.7 Å². The topological polar surface area (TPSA) is 51.2 Å². The molecule has 1 N–H and O–H groups in total. The fourth-order valence-corrected chi connectivity index (χ4v) is 3.82. The van der Waals surface area contributed by atoms with Gasteiger partial charge >= 0.3 is 0 Å². The summed E-state index contributed by atoms with van der Waals surface area (Å²) >= 11 is 7.25. The summed E-state index contributed by atoms with van der Waals surface area (Å²) in [6.45, 7) is 2.24. The number of ether oxygens (including phenoxy) is 1. The van der Waals surface area contributed by atoms with E-state index in [-0.39, 0.29) is 11.4 Å². The number of carbonyl (C=O) groups is 1. The number of thiazole rings is 1. The molecule has 0 bridgehead atoms. The van der Waals surface area contributed by atoms with Crippen LogP contribution in [-0.2, 0) is 6.61 Å². The van der Waals surface area contributed by atoms with Crippen LogP contribution in [0.15, 0.2) is 72.1 Å². The van der Waals surface area contributed by atoms with E-state index < -0.39 is 11.7 Å². The first-order chi connectivity index (χ1) is 15.0. The molecule has 0 aliphatic carbocycles. The molecule has 3 aromatic carbocycles. The Kier molecular flexibility index (Phi) is 6.30. The molecule has 0 saturated heterocycles. The molecular weight excluding hydrogens is 435 g/mol. The highest BCUT2D eigenvalue weighted by Gasteiger charge is 2.14. The molecule has 4 aromatic rings. The highest BCUT2D eigenvalue weighted by Crippen LogP contribution is 2.28. The normalized spacial score (nSPS) is 10.7. The number of rotatable bonds is 6. The first-order valence-corrected chi connectivity index (χ1v) is 10.7. The fraction of sp³-hybridized carbons (Fsp3) is 0.0833. The maximum absolute atomic E-state index is 13.9. The van der Waals surface area contributed by atoms with Gasteiger partial charge in [0.1, 0.15) is 28.9 Å². The lowest BCUT2D eigenvalue weighted by Gasteiger charge is -2.07. The van der Waals surface area contributed by atoms with E-state index in [4.69, 9.17) is 16.3 Å². The lowest BCUT2D eigenvalue weighted by molar-refractivity contribution is 0.102. The summed E-state index contributed by atoms with van der Waals surface area (Å²) in [4.78, 5) is 16.9. The standard InChI is InChI=1S/C24H18ClFN2O2S/c1-15-5-10-20(26)21(11-15)27-23(29)22-14-31-24(28-22)17-3-2-4-19(12-17)30-13-16-6-8-18(25)9-7-16/h2-12,14H,13H2,1H3,(H,27,29). The van der Waals surface area contributed by atoms with Crippen molar-refractivity contribution in [2.75, 3.05) is 5.32 Å². The number of benzene rings is 3. The highest BCUT2D eigenvalue weighted by atomic mass is 35.5. The average molecular weight is 453 g/mol. The summed E-state index contributed by atoms with van der Waals surface area (Å²) in [5.74, 6) is -0.252. The third-order valence-electron chi connectivity index (χ3n) is 4.51. The van der Waals surface area contributed by atoms with E-state index >= 15 is 0 Å². The van der Waals surface area contributed by atoms with Crippen molar-refractivity contribution in [3.8, 4) is 16.3 Å². The van der Waals surface area contributed by atoms with Crippen molar-refractivity contribution in [1.29, 1.82) is 0 Å². The predicted molar refractivity (Wildman–Crippen MR) is 122 cm³/mol. The van der Waals surface area contributed by atoms with E-state index in [0.29, 0.717) is 22.4 Å². The molecule has 1 aromatic heterocycles. The molecule has 0 aliphatic heterocycles. The van der Waals surface area contributed by atoms with Gasteiger partial charge in [0.05, 0.1) is 5.69 Å². The second-order valence-electron chi connectivity index (χ2n) is 6.92. The SMILES string of the molecule is Cc1ccc(F)c(NC(=O)c2csc(-c3cccc(OCc4ccc(Cl)cc4)c3)n2)c1. The zero-order valence-electron chi connectivity index (χ0n) is 16.6. The van der Waals surface area contributed by atoms with Crippen molar-refractivity contribution in [2.45, 2.75) is 13.5 Å². The minimum absolute atomic E-state index is 0.136. The molecule has 0 saturated carbocycles. The van der Waals surface area contributed by atoms with Crippen LogP contribution in [-0.4, -0.2) is 10.9 Å². The maximum Gasteiger partial charge on any atom is 0.275 e. The third kappa shape index (κ3) is 5.29. The predicted octanol–water partition coefficient (Wildman–Crippen LogP) is 6.74. The minimum Gasteiger partial charge on any atom is -0.489 e. The van der Waals surface area contributed by atoms with Crippen LogP contribution >= 0.6 is 22.9 Å². The van der Waals surface area contributed by atoms with Gasteiger partial charge < -0.3 is 10.1 Å². The Bertz CT molecular complexity index is 1220. The zero-order chi connectivity index (χ0) is 21.8. The van der Waals surface area contributed by atoms with Crippen LogP contribution in [0.1, 0.15) is 21.6 Å². The number of hydrogen-bond acceptors (Lipinski definition) is 4. The van der Waals surface area contributed by atoms with Crippen LogP contribution in [0.25, 0.3) is 10.6 Å². The summed E-state index contributed by atoms with van der Waals surface area (Å²) in [6, 6.07) is 19.5. The van der Waals surface area contributed by atoms with Gasteiger partial charge in [0.2, 0.25) is 0 Å². The number of anilines is 1. The van der Waals surface area contributed by atoms with Gasteiger partial charge in [-0.25, -0.2) is 9.37 Å². The summed E-state index contributed by atoms with van der Waals surface area (Å²) in [5, 5.41) is 5.59. The van der Waals surface area contributed by atoms with E-state index in [1.54, 1.807) is 17.5 Å². The van der Waals surface area contributed by atoms with Gasteiger partial charge in [-0.3, -0.25) is 4.79 Å². The lowest BCUT2D eigenvalue weighted by atomic mass is 10.2. The number of aryl methyl sites for hydroxylation is 1. The maximum atomic E-state index is 13.9. The van der Waals surface area contributed by atoms with Crippen molar-refractivity contribution < 1.29 is 13.9 Å². The molecule has 0 fully saturated rings. The number of carbonyl (C=O) groups excluding carboxylic acids is 1. The molecule has 31 heavy (non-hydrogen) atoms. The molecule has 156 valence electrons. The number of halogens is 2. The van der Waals surface area contributed by atoms with Crippen LogP contribution in [0.2, 0.25) is 5.02 Å². The number of nitrogens with one attached hydrogen (secondary N) is 1. The Morgan fingerprint density at radius 1 is 1.13 bits per heavy atom. The molecular formula is C24H18ClFN2O2S. The molecule has 0 radical (unpaired) electrons. The van der Waals surface area contributed by atoms with Gasteiger partial charge in [0.15, 0.2) is 0 Å². The smallest absolute Gasteiger partial charge is 0.275 e. The zero-order valence-corrected chi connectivity index (χ0v) is 18.1. The van der Waals surface area contributed by atoms with Crippen molar-refractivity contribution in [2.24, 2.45) is 0 Å². The third-order valence-corrected chi connectivity index (χ3v) is 5.65. The van der Waals surface area contributed by atoms with Crippen LogP contribution in [0, 0.1) is 12.7 Å². The monoisotopic (exact) mass is 452 g/mol. The summed E-state index contributed by atoms with van der Waals surface area (Å²) < 4.78 is 19.8. The molecule has 0 atom stereocenters. The van der Waals surface area contributed by atoms with Crippen LogP contribution in [0.4, 0.5) is 10.1 Å². The number of amides is 1. The van der Waals surface area contributed by atoms with Crippen LogP contribution in [0.3, 0.4) is 0 Å². The quantitative estimate of drug-likeness (QED) is 0.352. The van der Waals surface area contributed by atoms with Gasteiger partial charge in [-0.2, -0.15) is 0 Å². The van der Waals surface area contributed by atoms with E-state index in [1.165, 1.54) is 17.4 Å². The van der Waals surface area contributed by atoms with Crippen molar-refractivity contribution in [3.63, 3.8) is 0 Å². The number of nitrogens with zero attached hydrogens (tertiary/aromatic N) is 1. The molecule has 1 amide bonds. The molecule has 0 unspecified atom stereocenters. The van der Waals surface area contributed by atoms with Crippen molar-refractivity contribution in [3.05, 3.63) is 99.8 Å². The Balaban J connectivity index is 1.45. The molecule has 1 heterocycles. The number of hydrogen-bond donors (Lipinski definition) is 1. The second kappa shape index (κ2) is 9.29. The largest absolute Gasteiger partial charge is 0.489 e. The highest BCUT2D eigenvalue weighted by molar-refractivity contribution is 7.13. The Labute approximate surface area is 188 Å². The van der Waals surface area contributed by atoms with Gasteiger partial charge in [-0.15, -0.1) is 11.3 Å². The molecule has 0 aliphatic rings. The molecule has 0 spiro atoms. The van der Waals surface area contributed by atoms with E-state index in [1.807, 2.05) is 55.5 Å². The minimum atomic E-state index is -0.486. The van der Waals surface area contributed by atoms with Gasteiger partial charge in [-0.1, -0.05) is 41.9 Å². The summed E-state index contributed by atoms with van der Waals surface area (Å²) in [7, 11) is 0. The van der Waals surface area contributed by atoms with Gasteiger partial charge in [0.25, 0.3) is 5.91 Å². The fourth-order valence-electron chi connectivity index (χ4n) is 2.90. The first kappa shape index (κ1) is 21.0. The number of aromatic nitrogens is 1. The molecule has 4 rings (SSSR count). The Hall–Kier alpha value is -3.22. The van der Waals surface area contributed by atoms with E-state index in [2.05, 4.69) is 10.3 Å². The molecule has 7 heteroatoms. The first-order valence-electron chi connectivity index (χ1n) is 9.48. The average Bonchev–Trinajstić information content (AvgIpc) is 3.27. The van der Waals surface area contributed by atoms with Crippen molar-refractivity contribution >= 4 is 34.5 Å².